The Balaban J connectivity index is 1.14. The molecule has 2 aliphatic rings. The number of aryl methyl sites for hydroxylation is 2. The van der Waals surface area contributed by atoms with Gasteiger partial charge < -0.3 is 9.47 Å². The van der Waals surface area contributed by atoms with Crippen molar-refractivity contribution in [2.45, 2.75) is 76.4 Å². The monoisotopic (exact) mass is 490 g/mol. The molecule has 36 heavy (non-hydrogen) atoms. The second-order valence-electron chi connectivity index (χ2n) is 10.3. The van der Waals surface area contributed by atoms with E-state index in [9.17, 15) is 8.78 Å². The average molecular weight is 491 g/mol. The van der Waals surface area contributed by atoms with Crippen LogP contribution >= 0.6 is 0 Å². The normalized spacial score (nSPS) is 21.5. The molecule has 1 aliphatic carbocycles. The number of benzene rings is 3. The summed E-state index contributed by atoms with van der Waals surface area (Å²) in [6.07, 6.45) is 8.45. The Morgan fingerprint density at radius 2 is 1.39 bits per heavy atom. The van der Waals surface area contributed by atoms with Gasteiger partial charge in [-0.3, -0.25) is 0 Å². The van der Waals surface area contributed by atoms with Crippen molar-refractivity contribution in [3.05, 3.63) is 94.6 Å². The molecule has 1 heterocycles. The lowest BCUT2D eigenvalue weighted by molar-refractivity contribution is 0.0232. The molecule has 1 atom stereocenters. The second-order valence-corrected chi connectivity index (χ2v) is 10.3. The first-order chi connectivity index (χ1) is 17.6. The van der Waals surface area contributed by atoms with Gasteiger partial charge in [-0.1, -0.05) is 61.9 Å². The summed E-state index contributed by atoms with van der Waals surface area (Å²) >= 11 is 0. The van der Waals surface area contributed by atoms with E-state index in [1.54, 1.807) is 0 Å². The van der Waals surface area contributed by atoms with Crippen molar-refractivity contribution < 1.29 is 18.3 Å². The Morgan fingerprint density at radius 3 is 1.97 bits per heavy atom. The summed E-state index contributed by atoms with van der Waals surface area (Å²) < 4.78 is 39.6. The number of hydrogen-bond acceptors (Lipinski definition) is 2. The topological polar surface area (TPSA) is 21.8 Å². The zero-order chi connectivity index (χ0) is 24.9. The lowest BCUT2D eigenvalue weighted by Crippen LogP contribution is -2.21. The summed E-state index contributed by atoms with van der Waals surface area (Å²) in [5, 5.41) is 0. The van der Waals surface area contributed by atoms with E-state index in [1.165, 1.54) is 48.1 Å². The average Bonchev–Trinajstić information content (AvgIpc) is 3.73. The van der Waals surface area contributed by atoms with Crippen LogP contribution in [0.25, 0.3) is 11.1 Å². The van der Waals surface area contributed by atoms with Crippen molar-refractivity contribution in [2.24, 2.45) is 0 Å². The van der Waals surface area contributed by atoms with Gasteiger partial charge in [0.05, 0.1) is 18.3 Å². The number of rotatable bonds is 10. The fourth-order valence-electron chi connectivity index (χ4n) is 5.36. The molecule has 2 nitrogen and oxygen atoms in total. The standard InChI is InChI=1S/C32H36F2O2/c1-2-3-18-35-28-16-14-27(15-17-28)26-12-10-25(11-13-26)24-8-6-22(7-9-24)4-5-23-19-29(33)32(30(34)20-23)31-21-36-31/h6-13,19-20,27-28,31H,2-5,14-18,21H2,1H3. The molecule has 2 fully saturated rings. The first-order valence-electron chi connectivity index (χ1n) is 13.5. The highest BCUT2D eigenvalue weighted by Crippen LogP contribution is 2.36. The van der Waals surface area contributed by atoms with Gasteiger partial charge in [-0.15, -0.1) is 0 Å². The minimum absolute atomic E-state index is 0.0678. The van der Waals surface area contributed by atoms with Gasteiger partial charge in [0.15, 0.2) is 0 Å². The molecule has 0 spiro atoms. The summed E-state index contributed by atoms with van der Waals surface area (Å²) in [7, 11) is 0. The van der Waals surface area contributed by atoms with Crippen LogP contribution in [0.3, 0.4) is 0 Å². The molecule has 5 rings (SSSR count). The minimum atomic E-state index is -0.500. The molecule has 0 bridgehead atoms. The highest BCUT2D eigenvalue weighted by Gasteiger charge is 2.31. The smallest absolute Gasteiger partial charge is 0.132 e. The molecular formula is C32H36F2O2. The number of ether oxygens (including phenoxy) is 2. The van der Waals surface area contributed by atoms with Crippen molar-refractivity contribution in [3.8, 4) is 11.1 Å². The maximum atomic E-state index is 14.3. The fourth-order valence-corrected chi connectivity index (χ4v) is 5.36. The van der Waals surface area contributed by atoms with Gasteiger partial charge in [-0.25, -0.2) is 8.78 Å². The van der Waals surface area contributed by atoms with Crippen LogP contribution in [-0.4, -0.2) is 19.3 Å². The van der Waals surface area contributed by atoms with Crippen molar-refractivity contribution in [3.63, 3.8) is 0 Å². The molecule has 0 aromatic heterocycles. The summed E-state index contributed by atoms with van der Waals surface area (Å²) in [6, 6.07) is 20.4. The van der Waals surface area contributed by atoms with E-state index in [-0.39, 0.29) is 5.56 Å². The van der Waals surface area contributed by atoms with E-state index in [4.69, 9.17) is 9.47 Å². The third kappa shape index (κ3) is 6.22. The highest BCUT2D eigenvalue weighted by atomic mass is 19.1. The Morgan fingerprint density at radius 1 is 0.806 bits per heavy atom. The summed E-state index contributed by atoms with van der Waals surface area (Å²) in [5.74, 6) is -0.368. The summed E-state index contributed by atoms with van der Waals surface area (Å²) in [5.41, 5.74) is 5.73. The van der Waals surface area contributed by atoms with Crippen molar-refractivity contribution in [2.75, 3.05) is 13.2 Å². The molecule has 1 aliphatic heterocycles. The molecule has 1 unspecified atom stereocenters. The van der Waals surface area contributed by atoms with Gasteiger partial charge >= 0.3 is 0 Å². The summed E-state index contributed by atoms with van der Waals surface area (Å²) in [4.78, 5) is 0. The zero-order valence-corrected chi connectivity index (χ0v) is 21.1. The molecule has 190 valence electrons. The largest absolute Gasteiger partial charge is 0.378 e. The predicted molar refractivity (Wildman–Crippen MR) is 140 cm³/mol. The lowest BCUT2D eigenvalue weighted by atomic mass is 9.82. The quantitative estimate of drug-likeness (QED) is 0.210. The Bertz CT molecular complexity index is 1100. The van der Waals surface area contributed by atoms with Crippen LogP contribution in [0.1, 0.15) is 79.7 Å². The van der Waals surface area contributed by atoms with Crippen LogP contribution in [0.4, 0.5) is 8.78 Å². The number of unbranched alkanes of at least 4 members (excludes halogenated alkanes) is 1. The van der Waals surface area contributed by atoms with Crippen LogP contribution in [0.5, 0.6) is 0 Å². The first kappa shape index (κ1) is 25.1. The molecule has 1 saturated carbocycles. The van der Waals surface area contributed by atoms with Gasteiger partial charge in [0.1, 0.15) is 17.7 Å². The molecule has 0 radical (unpaired) electrons. The van der Waals surface area contributed by atoms with Crippen LogP contribution in [0.2, 0.25) is 0 Å². The van der Waals surface area contributed by atoms with E-state index >= 15 is 0 Å². The highest BCUT2D eigenvalue weighted by molar-refractivity contribution is 5.64. The lowest BCUT2D eigenvalue weighted by Gasteiger charge is -2.29. The first-order valence-corrected chi connectivity index (χ1v) is 13.5. The minimum Gasteiger partial charge on any atom is -0.378 e. The van der Waals surface area contributed by atoms with Crippen LogP contribution in [-0.2, 0) is 22.3 Å². The predicted octanol–water partition coefficient (Wildman–Crippen LogP) is 8.33. The van der Waals surface area contributed by atoms with E-state index in [0.29, 0.717) is 30.6 Å². The van der Waals surface area contributed by atoms with Gasteiger partial charge in [0.25, 0.3) is 0 Å². The Kier molecular flexibility index (Phi) is 8.13. The molecule has 0 amide bonds. The van der Waals surface area contributed by atoms with Crippen LogP contribution in [0, 0.1) is 11.6 Å². The maximum absolute atomic E-state index is 14.3. The van der Waals surface area contributed by atoms with E-state index < -0.39 is 17.7 Å². The maximum Gasteiger partial charge on any atom is 0.132 e. The number of epoxide rings is 1. The third-order valence-electron chi connectivity index (χ3n) is 7.69. The number of halogens is 2. The van der Waals surface area contributed by atoms with Crippen molar-refractivity contribution in [1.29, 1.82) is 0 Å². The molecule has 4 heteroatoms. The Labute approximate surface area is 213 Å². The van der Waals surface area contributed by atoms with E-state index in [1.807, 2.05) is 0 Å². The van der Waals surface area contributed by atoms with Crippen molar-refractivity contribution >= 4 is 0 Å². The van der Waals surface area contributed by atoms with Gasteiger partial charge in [0.2, 0.25) is 0 Å². The van der Waals surface area contributed by atoms with Gasteiger partial charge in [0, 0.05) is 6.61 Å². The van der Waals surface area contributed by atoms with E-state index in [2.05, 4.69) is 55.5 Å². The van der Waals surface area contributed by atoms with Gasteiger partial charge in [-0.2, -0.15) is 0 Å². The zero-order valence-electron chi connectivity index (χ0n) is 21.1. The fraction of sp³-hybridized carbons (Fsp3) is 0.438. The molecule has 0 N–H and O–H groups in total. The molecular weight excluding hydrogens is 454 g/mol. The number of hydrogen-bond donors (Lipinski definition) is 0. The Hall–Kier alpha value is -2.56. The molecule has 1 saturated heterocycles. The third-order valence-corrected chi connectivity index (χ3v) is 7.69. The second kappa shape index (κ2) is 11.7. The van der Waals surface area contributed by atoms with Crippen molar-refractivity contribution in [1.82, 2.24) is 0 Å². The van der Waals surface area contributed by atoms with Gasteiger partial charge in [-0.05, 0) is 90.8 Å². The van der Waals surface area contributed by atoms with Crippen LogP contribution in [0.15, 0.2) is 60.7 Å². The molecule has 3 aromatic rings. The van der Waals surface area contributed by atoms with Crippen LogP contribution < -0.4 is 0 Å². The summed E-state index contributed by atoms with van der Waals surface area (Å²) in [6.45, 7) is 3.51. The van der Waals surface area contributed by atoms with E-state index in [0.717, 1.165) is 37.9 Å². The SMILES string of the molecule is CCCCOC1CCC(c2ccc(-c3ccc(CCc4cc(F)c(C5CO5)c(F)c4)cc3)cc2)CC1. The molecule has 3 aromatic carbocycles.